The molecule has 0 bridgehead atoms. The van der Waals surface area contributed by atoms with Gasteiger partial charge in [-0.05, 0) is 34.4 Å². The van der Waals surface area contributed by atoms with E-state index in [1.54, 1.807) is 0 Å². The highest BCUT2D eigenvalue weighted by molar-refractivity contribution is 5.38. The molecular formula is C16H30N4O. The summed E-state index contributed by atoms with van der Waals surface area (Å²) >= 11 is 0. The molecule has 0 amide bonds. The molecule has 0 saturated carbocycles. The largest absolute Gasteiger partial charge is 0.476 e. The molecular weight excluding hydrogens is 264 g/mol. The summed E-state index contributed by atoms with van der Waals surface area (Å²) in [6.07, 6.45) is 1.06. The van der Waals surface area contributed by atoms with E-state index in [0.717, 1.165) is 24.6 Å². The third-order valence-electron chi connectivity index (χ3n) is 3.58. The lowest BCUT2D eigenvalue weighted by molar-refractivity contribution is 0.111. The number of ether oxygens (including phenoxy) is 1. The molecule has 0 aliphatic carbocycles. The Labute approximate surface area is 129 Å². The van der Waals surface area contributed by atoms with Crippen LogP contribution < -0.4 is 10.1 Å². The molecule has 0 fully saturated rings. The summed E-state index contributed by atoms with van der Waals surface area (Å²) in [5.74, 6) is 2.57. The molecule has 120 valence electrons. The van der Waals surface area contributed by atoms with Gasteiger partial charge in [0, 0.05) is 24.1 Å². The van der Waals surface area contributed by atoms with Gasteiger partial charge in [0.05, 0.1) is 0 Å². The van der Waals surface area contributed by atoms with Crippen LogP contribution in [-0.2, 0) is 0 Å². The lowest BCUT2D eigenvalue weighted by Crippen LogP contribution is -2.43. The molecule has 0 aliphatic rings. The Hall–Kier alpha value is -1.36. The Balaban J connectivity index is 2.87. The van der Waals surface area contributed by atoms with Crippen molar-refractivity contribution in [1.82, 2.24) is 14.9 Å². The molecule has 0 atom stereocenters. The number of nitrogens with zero attached hydrogens (tertiary/aromatic N) is 3. The highest BCUT2D eigenvalue weighted by Crippen LogP contribution is 2.20. The fourth-order valence-corrected chi connectivity index (χ4v) is 1.50. The first-order valence-electron chi connectivity index (χ1n) is 7.69. The molecule has 1 heterocycles. The maximum atomic E-state index is 5.91. The van der Waals surface area contributed by atoms with Crippen LogP contribution in [0.3, 0.4) is 0 Å². The summed E-state index contributed by atoms with van der Waals surface area (Å²) in [4.78, 5) is 11.2. The second-order valence-electron chi connectivity index (χ2n) is 6.53. The molecule has 1 rings (SSSR count). The normalized spacial score (nSPS) is 12.0. The molecule has 0 radical (unpaired) electrons. The number of hydrogen-bond donors (Lipinski definition) is 1. The molecule has 5 heteroatoms. The fourth-order valence-electron chi connectivity index (χ4n) is 1.50. The van der Waals surface area contributed by atoms with Gasteiger partial charge in [-0.3, -0.25) is 0 Å². The summed E-state index contributed by atoms with van der Waals surface area (Å²) in [7, 11) is 4.11. The van der Waals surface area contributed by atoms with E-state index in [1.807, 2.05) is 6.07 Å². The average molecular weight is 294 g/mol. The van der Waals surface area contributed by atoms with Gasteiger partial charge in [0.15, 0.2) is 0 Å². The third kappa shape index (κ3) is 5.50. The predicted molar refractivity (Wildman–Crippen MR) is 88.2 cm³/mol. The molecule has 0 spiro atoms. The van der Waals surface area contributed by atoms with E-state index in [1.165, 1.54) is 0 Å². The van der Waals surface area contributed by atoms with Crippen LogP contribution in [0.25, 0.3) is 0 Å². The molecule has 0 aliphatic heterocycles. The maximum absolute atomic E-state index is 5.91. The second kappa shape index (κ2) is 7.59. The van der Waals surface area contributed by atoms with E-state index in [-0.39, 0.29) is 11.5 Å². The van der Waals surface area contributed by atoms with Gasteiger partial charge in [-0.25, -0.2) is 4.98 Å². The lowest BCUT2D eigenvalue weighted by Gasteiger charge is -2.32. The van der Waals surface area contributed by atoms with Crippen LogP contribution in [0.4, 0.5) is 5.82 Å². The summed E-state index contributed by atoms with van der Waals surface area (Å²) in [5, 5.41) is 3.31. The minimum absolute atomic E-state index is 0.0417. The quantitative estimate of drug-likeness (QED) is 0.798. The van der Waals surface area contributed by atoms with E-state index >= 15 is 0 Å². The highest BCUT2D eigenvalue weighted by Gasteiger charge is 2.22. The smallest absolute Gasteiger partial charge is 0.218 e. The molecule has 1 aromatic heterocycles. The minimum atomic E-state index is -0.0417. The number of hydrogen-bond acceptors (Lipinski definition) is 5. The van der Waals surface area contributed by atoms with E-state index in [4.69, 9.17) is 4.74 Å². The molecule has 1 N–H and O–H groups in total. The van der Waals surface area contributed by atoms with Crippen molar-refractivity contribution in [1.29, 1.82) is 0 Å². The average Bonchev–Trinajstić information content (AvgIpc) is 2.42. The first-order valence-corrected chi connectivity index (χ1v) is 7.69. The van der Waals surface area contributed by atoms with Gasteiger partial charge in [0.2, 0.25) is 5.88 Å². The van der Waals surface area contributed by atoms with Gasteiger partial charge < -0.3 is 15.0 Å². The first-order chi connectivity index (χ1) is 9.76. The molecule has 0 saturated heterocycles. The number of anilines is 1. The maximum Gasteiger partial charge on any atom is 0.218 e. The zero-order valence-electron chi connectivity index (χ0n) is 14.5. The topological polar surface area (TPSA) is 50.3 Å². The van der Waals surface area contributed by atoms with Crippen LogP contribution in [-0.4, -0.2) is 47.7 Å². The van der Waals surface area contributed by atoms with Gasteiger partial charge in [0.25, 0.3) is 0 Å². The van der Waals surface area contributed by atoms with Crippen molar-refractivity contribution < 1.29 is 4.74 Å². The van der Waals surface area contributed by atoms with Crippen molar-refractivity contribution in [3.8, 4) is 5.88 Å². The summed E-state index contributed by atoms with van der Waals surface area (Å²) in [6.45, 7) is 12.1. The Bertz CT molecular complexity index is 444. The third-order valence-corrected chi connectivity index (χ3v) is 3.58. The predicted octanol–water partition coefficient (Wildman–Crippen LogP) is 3.14. The zero-order valence-corrected chi connectivity index (χ0v) is 14.5. The standard InChI is InChI=1S/C16H30N4O/c1-8-9-17-13-10-14(19-15(18-13)12(2)3)21-11-16(4,5)20(6)7/h10,12H,8-9,11H2,1-7H3,(H,17,18,19). The van der Waals surface area contributed by atoms with Crippen LogP contribution >= 0.6 is 0 Å². The molecule has 21 heavy (non-hydrogen) atoms. The molecule has 5 nitrogen and oxygen atoms in total. The molecule has 0 aromatic carbocycles. The minimum Gasteiger partial charge on any atom is -0.476 e. The summed E-state index contributed by atoms with van der Waals surface area (Å²) < 4.78 is 5.91. The summed E-state index contributed by atoms with van der Waals surface area (Å²) in [6, 6.07) is 1.88. The fraction of sp³-hybridized carbons (Fsp3) is 0.750. The zero-order chi connectivity index (χ0) is 16.0. The van der Waals surface area contributed by atoms with E-state index in [2.05, 4.69) is 68.9 Å². The number of aromatic nitrogens is 2. The van der Waals surface area contributed by atoms with Crippen LogP contribution in [0.2, 0.25) is 0 Å². The monoisotopic (exact) mass is 294 g/mol. The van der Waals surface area contributed by atoms with E-state index in [0.29, 0.717) is 12.5 Å². The Morgan fingerprint density at radius 2 is 1.95 bits per heavy atom. The van der Waals surface area contributed by atoms with Crippen LogP contribution in [0.1, 0.15) is 52.8 Å². The lowest BCUT2D eigenvalue weighted by atomic mass is 10.1. The van der Waals surface area contributed by atoms with Crippen LogP contribution in [0.5, 0.6) is 5.88 Å². The Morgan fingerprint density at radius 3 is 2.48 bits per heavy atom. The van der Waals surface area contributed by atoms with Gasteiger partial charge in [-0.1, -0.05) is 20.8 Å². The highest BCUT2D eigenvalue weighted by atomic mass is 16.5. The van der Waals surface area contributed by atoms with Crippen LogP contribution in [0.15, 0.2) is 6.07 Å². The van der Waals surface area contributed by atoms with Crippen molar-refractivity contribution >= 4 is 5.82 Å². The van der Waals surface area contributed by atoms with Gasteiger partial charge in [-0.15, -0.1) is 0 Å². The summed E-state index contributed by atoms with van der Waals surface area (Å²) in [5.41, 5.74) is -0.0417. The SMILES string of the molecule is CCCNc1cc(OCC(C)(C)N(C)C)nc(C(C)C)n1. The van der Waals surface area contributed by atoms with Crippen molar-refractivity contribution in [2.24, 2.45) is 0 Å². The van der Waals surface area contributed by atoms with Gasteiger partial charge >= 0.3 is 0 Å². The Morgan fingerprint density at radius 1 is 1.29 bits per heavy atom. The number of nitrogens with one attached hydrogen (secondary N) is 1. The Kier molecular flexibility index (Phi) is 6.40. The number of rotatable bonds is 8. The van der Waals surface area contributed by atoms with E-state index < -0.39 is 0 Å². The first kappa shape index (κ1) is 17.7. The van der Waals surface area contributed by atoms with Crippen molar-refractivity contribution in [3.63, 3.8) is 0 Å². The molecule has 1 aromatic rings. The molecule has 0 unspecified atom stereocenters. The second-order valence-corrected chi connectivity index (χ2v) is 6.53. The van der Waals surface area contributed by atoms with Crippen molar-refractivity contribution in [2.75, 3.05) is 32.6 Å². The van der Waals surface area contributed by atoms with Crippen molar-refractivity contribution in [2.45, 2.75) is 52.5 Å². The number of likely N-dealkylation sites (N-methyl/N-ethyl adjacent to an activating group) is 1. The van der Waals surface area contributed by atoms with E-state index in [9.17, 15) is 0 Å². The van der Waals surface area contributed by atoms with Crippen LogP contribution in [0, 0.1) is 0 Å². The van der Waals surface area contributed by atoms with Crippen molar-refractivity contribution in [3.05, 3.63) is 11.9 Å². The van der Waals surface area contributed by atoms with Gasteiger partial charge in [-0.2, -0.15) is 4.98 Å². The van der Waals surface area contributed by atoms with Gasteiger partial charge in [0.1, 0.15) is 18.2 Å².